The minimum absolute atomic E-state index is 0.114. The second-order valence-corrected chi connectivity index (χ2v) is 6.10. The molecule has 1 aliphatic rings. The summed E-state index contributed by atoms with van der Waals surface area (Å²) in [5, 5.41) is 4.71. The molecule has 148 valence electrons. The van der Waals surface area contributed by atoms with E-state index in [0.29, 0.717) is 32.0 Å². The van der Waals surface area contributed by atoms with Gasteiger partial charge in [0.05, 0.1) is 30.2 Å². The molecule has 2 aromatic carbocycles. The lowest BCUT2D eigenvalue weighted by molar-refractivity contribution is -0.137. The summed E-state index contributed by atoms with van der Waals surface area (Å²) in [7, 11) is 0. The van der Waals surface area contributed by atoms with E-state index >= 15 is 0 Å². The predicted molar refractivity (Wildman–Crippen MR) is 98.2 cm³/mol. The average molecular weight is 393 g/mol. The highest BCUT2D eigenvalue weighted by atomic mass is 19.4. The molecule has 1 fully saturated rings. The molecule has 0 atom stereocenters. The summed E-state index contributed by atoms with van der Waals surface area (Å²) in [6.07, 6.45) is -4.54. The molecule has 0 radical (unpaired) electrons. The van der Waals surface area contributed by atoms with Crippen LogP contribution < -0.4 is 15.5 Å². The van der Waals surface area contributed by atoms with Crippen molar-refractivity contribution >= 4 is 28.9 Å². The number of morpholine rings is 1. The van der Waals surface area contributed by atoms with Gasteiger partial charge in [0.2, 0.25) is 0 Å². The predicted octanol–water partition coefficient (Wildman–Crippen LogP) is 3.12. The monoisotopic (exact) mass is 393 g/mol. The zero-order valence-electron chi connectivity index (χ0n) is 14.8. The number of alkyl halides is 3. The highest BCUT2D eigenvalue weighted by Gasteiger charge is 2.30. The van der Waals surface area contributed by atoms with Crippen molar-refractivity contribution in [2.75, 3.05) is 41.8 Å². The number of amides is 2. The Morgan fingerprint density at radius 1 is 0.929 bits per heavy atom. The molecule has 0 aliphatic carbocycles. The number of carbonyl (C=O) groups is 2. The first-order chi connectivity index (χ1) is 13.3. The van der Waals surface area contributed by atoms with Crippen LogP contribution in [0.1, 0.15) is 5.56 Å². The molecule has 2 N–H and O–H groups in total. The molecule has 1 saturated heterocycles. The Morgan fingerprint density at radius 3 is 2.32 bits per heavy atom. The van der Waals surface area contributed by atoms with Gasteiger partial charge in [-0.2, -0.15) is 13.2 Å². The molecule has 2 amide bonds. The van der Waals surface area contributed by atoms with Crippen LogP contribution in [0, 0.1) is 0 Å². The van der Waals surface area contributed by atoms with Crippen LogP contribution in [-0.4, -0.2) is 38.1 Å². The fraction of sp³-hybridized carbons (Fsp3) is 0.263. The van der Waals surface area contributed by atoms with Crippen molar-refractivity contribution in [2.45, 2.75) is 6.18 Å². The molecule has 6 nitrogen and oxygen atoms in total. The number of nitrogens with one attached hydrogen (secondary N) is 2. The van der Waals surface area contributed by atoms with E-state index in [2.05, 4.69) is 10.6 Å². The standard InChI is InChI=1S/C19H18F3N3O3/c20-19(21,22)13-4-3-5-14(12-13)23-17(26)18(27)24-15-6-1-2-7-16(15)25-8-10-28-11-9-25/h1-7,12H,8-11H2,(H,23,26)(H,24,27). The molecule has 1 heterocycles. The number of para-hydroxylation sites is 2. The Morgan fingerprint density at radius 2 is 1.61 bits per heavy atom. The lowest BCUT2D eigenvalue weighted by Gasteiger charge is -2.30. The lowest BCUT2D eigenvalue weighted by Crippen LogP contribution is -2.37. The molecule has 0 saturated carbocycles. The highest BCUT2D eigenvalue weighted by Crippen LogP contribution is 2.31. The number of hydrogen-bond donors (Lipinski definition) is 2. The van der Waals surface area contributed by atoms with Crippen LogP contribution in [0.3, 0.4) is 0 Å². The molecule has 1 aliphatic heterocycles. The third-order valence-electron chi connectivity index (χ3n) is 4.16. The number of nitrogens with zero attached hydrogens (tertiary/aromatic N) is 1. The third kappa shape index (κ3) is 4.80. The van der Waals surface area contributed by atoms with Crippen LogP contribution in [0.15, 0.2) is 48.5 Å². The van der Waals surface area contributed by atoms with Crippen LogP contribution >= 0.6 is 0 Å². The van der Waals surface area contributed by atoms with E-state index in [1.54, 1.807) is 12.1 Å². The minimum atomic E-state index is -4.54. The van der Waals surface area contributed by atoms with Gasteiger partial charge in [-0.25, -0.2) is 0 Å². The fourth-order valence-corrected chi connectivity index (χ4v) is 2.80. The minimum Gasteiger partial charge on any atom is -0.378 e. The smallest absolute Gasteiger partial charge is 0.378 e. The molecule has 9 heteroatoms. The zero-order chi connectivity index (χ0) is 20.1. The van der Waals surface area contributed by atoms with E-state index in [0.717, 1.165) is 23.9 Å². The van der Waals surface area contributed by atoms with Gasteiger partial charge in [-0.1, -0.05) is 18.2 Å². The lowest BCUT2D eigenvalue weighted by atomic mass is 10.2. The first-order valence-corrected chi connectivity index (χ1v) is 8.56. The van der Waals surface area contributed by atoms with Crippen molar-refractivity contribution in [2.24, 2.45) is 0 Å². The normalized spacial score (nSPS) is 14.5. The number of ether oxygens (including phenoxy) is 1. The highest BCUT2D eigenvalue weighted by molar-refractivity contribution is 6.43. The Kier molecular flexibility index (Phi) is 5.84. The Bertz CT molecular complexity index is 865. The molecule has 28 heavy (non-hydrogen) atoms. The fourth-order valence-electron chi connectivity index (χ4n) is 2.80. The summed E-state index contributed by atoms with van der Waals surface area (Å²) in [4.78, 5) is 26.4. The second-order valence-electron chi connectivity index (χ2n) is 6.10. The number of carbonyl (C=O) groups excluding carboxylic acids is 2. The molecule has 0 spiro atoms. The van der Waals surface area contributed by atoms with Crippen molar-refractivity contribution in [1.82, 2.24) is 0 Å². The van der Waals surface area contributed by atoms with Crippen molar-refractivity contribution < 1.29 is 27.5 Å². The maximum absolute atomic E-state index is 12.8. The topological polar surface area (TPSA) is 70.7 Å². The molecule has 2 aromatic rings. The summed E-state index contributed by atoms with van der Waals surface area (Å²) in [6, 6.07) is 11.1. The van der Waals surface area contributed by atoms with E-state index in [-0.39, 0.29) is 5.69 Å². The van der Waals surface area contributed by atoms with E-state index in [1.165, 1.54) is 6.07 Å². The largest absolute Gasteiger partial charge is 0.416 e. The Labute approximate surface area is 159 Å². The summed E-state index contributed by atoms with van der Waals surface area (Å²) < 4.78 is 43.6. The number of rotatable bonds is 3. The summed E-state index contributed by atoms with van der Waals surface area (Å²) in [6.45, 7) is 2.39. The van der Waals surface area contributed by atoms with Crippen molar-refractivity contribution in [3.63, 3.8) is 0 Å². The number of benzene rings is 2. The van der Waals surface area contributed by atoms with E-state index in [9.17, 15) is 22.8 Å². The van der Waals surface area contributed by atoms with Gasteiger partial charge in [-0.15, -0.1) is 0 Å². The van der Waals surface area contributed by atoms with E-state index in [1.807, 2.05) is 17.0 Å². The van der Waals surface area contributed by atoms with Crippen LogP contribution in [0.5, 0.6) is 0 Å². The Hall–Kier alpha value is -3.07. The quantitative estimate of drug-likeness (QED) is 0.787. The number of halogens is 3. The van der Waals surface area contributed by atoms with E-state index in [4.69, 9.17) is 4.74 Å². The average Bonchev–Trinajstić information content (AvgIpc) is 2.68. The summed E-state index contributed by atoms with van der Waals surface area (Å²) >= 11 is 0. The van der Waals surface area contributed by atoms with Gasteiger partial charge >= 0.3 is 18.0 Å². The number of anilines is 3. The van der Waals surface area contributed by atoms with Crippen LogP contribution in [0.4, 0.5) is 30.2 Å². The van der Waals surface area contributed by atoms with Gasteiger partial charge in [0, 0.05) is 18.8 Å². The maximum atomic E-state index is 12.8. The van der Waals surface area contributed by atoms with Crippen LogP contribution in [0.25, 0.3) is 0 Å². The van der Waals surface area contributed by atoms with Gasteiger partial charge in [-0.05, 0) is 30.3 Å². The molecular formula is C19H18F3N3O3. The maximum Gasteiger partial charge on any atom is 0.416 e. The molecule has 0 unspecified atom stereocenters. The van der Waals surface area contributed by atoms with Gasteiger partial charge < -0.3 is 20.3 Å². The van der Waals surface area contributed by atoms with Gasteiger partial charge in [0.1, 0.15) is 0 Å². The SMILES string of the molecule is O=C(Nc1cccc(C(F)(F)F)c1)C(=O)Nc1ccccc1N1CCOCC1. The first kappa shape index (κ1) is 19.7. The third-order valence-corrected chi connectivity index (χ3v) is 4.16. The van der Waals surface area contributed by atoms with Crippen LogP contribution in [-0.2, 0) is 20.5 Å². The van der Waals surface area contributed by atoms with Gasteiger partial charge in [0.25, 0.3) is 0 Å². The molecule has 0 bridgehead atoms. The Balaban J connectivity index is 1.69. The summed E-state index contributed by atoms with van der Waals surface area (Å²) in [5.74, 6) is -2.03. The van der Waals surface area contributed by atoms with Crippen molar-refractivity contribution in [3.8, 4) is 0 Å². The number of hydrogen-bond acceptors (Lipinski definition) is 4. The molecule has 0 aromatic heterocycles. The van der Waals surface area contributed by atoms with E-state index < -0.39 is 23.6 Å². The van der Waals surface area contributed by atoms with Crippen molar-refractivity contribution in [1.29, 1.82) is 0 Å². The van der Waals surface area contributed by atoms with Gasteiger partial charge in [0.15, 0.2) is 0 Å². The first-order valence-electron chi connectivity index (χ1n) is 8.56. The second kappa shape index (κ2) is 8.30. The zero-order valence-corrected chi connectivity index (χ0v) is 14.8. The van der Waals surface area contributed by atoms with Crippen LogP contribution in [0.2, 0.25) is 0 Å². The summed E-state index contributed by atoms with van der Waals surface area (Å²) in [5.41, 5.74) is 0.152. The molecule has 3 rings (SSSR count). The van der Waals surface area contributed by atoms with Crippen molar-refractivity contribution in [3.05, 3.63) is 54.1 Å². The van der Waals surface area contributed by atoms with Gasteiger partial charge in [-0.3, -0.25) is 9.59 Å². The molecular weight excluding hydrogens is 375 g/mol.